The van der Waals surface area contributed by atoms with Gasteiger partial charge in [-0.2, -0.15) is 13.2 Å². The van der Waals surface area contributed by atoms with Crippen LogP contribution in [0.1, 0.15) is 30.5 Å². The van der Waals surface area contributed by atoms with Gasteiger partial charge in [0.25, 0.3) is 11.5 Å². The number of alkyl halides is 3. The van der Waals surface area contributed by atoms with E-state index < -0.39 is 61.1 Å². The van der Waals surface area contributed by atoms with E-state index in [0.29, 0.717) is 4.57 Å². The third-order valence-electron chi connectivity index (χ3n) is 6.51. The molecule has 2 aromatic heterocycles. The summed E-state index contributed by atoms with van der Waals surface area (Å²) >= 11 is 0. The number of amides is 3. The lowest BCUT2D eigenvalue weighted by atomic mass is 10.1. The van der Waals surface area contributed by atoms with Gasteiger partial charge in [-0.25, -0.2) is 18.5 Å². The second-order valence-electron chi connectivity index (χ2n) is 10.1. The monoisotopic (exact) mass is 637 g/mol. The number of halogens is 4. The first-order valence-electron chi connectivity index (χ1n) is 13.5. The number of nitrogens with zero attached hydrogens (tertiary/aromatic N) is 3. The number of carbonyl (C=O) groups is 4. The Labute approximate surface area is 253 Å². The fourth-order valence-corrected chi connectivity index (χ4v) is 4.39. The summed E-state index contributed by atoms with van der Waals surface area (Å²) in [6.07, 6.45) is -6.16. The smallest absolute Gasteiger partial charge is 0.416 e. The molecule has 3 rings (SSSR count). The molecule has 12 nitrogen and oxygen atoms in total. The van der Waals surface area contributed by atoms with Gasteiger partial charge in [-0.3, -0.25) is 14.4 Å². The molecule has 242 valence electrons. The van der Waals surface area contributed by atoms with E-state index in [9.17, 15) is 46.6 Å². The molecule has 3 N–H and O–H groups in total. The lowest BCUT2D eigenvalue weighted by Gasteiger charge is -2.19. The van der Waals surface area contributed by atoms with Crippen molar-refractivity contribution in [2.45, 2.75) is 44.5 Å². The number of hydrogen-bond donors (Lipinski definition) is 3. The molecule has 3 amide bonds. The SMILES string of the molecule is CNC(=O)/C=C/CCC(OC(=O)N(C)C)C(=O)Nc1cccn(Cc2cc3cc(F)cc(CCC(F)(F)F)c3n2C(=O)O)c1=O. The van der Waals surface area contributed by atoms with Gasteiger partial charge >= 0.3 is 18.4 Å². The lowest BCUT2D eigenvalue weighted by molar-refractivity contribution is -0.134. The molecule has 0 aliphatic heterocycles. The molecule has 0 aliphatic rings. The number of benzene rings is 1. The Morgan fingerprint density at radius 3 is 2.49 bits per heavy atom. The minimum atomic E-state index is -4.56. The molecule has 0 saturated heterocycles. The Morgan fingerprint density at radius 2 is 1.87 bits per heavy atom. The molecular weight excluding hydrogens is 606 g/mol. The summed E-state index contributed by atoms with van der Waals surface area (Å²) in [6.45, 7) is -0.410. The van der Waals surface area contributed by atoms with Crippen molar-refractivity contribution in [2.75, 3.05) is 26.5 Å². The standard InChI is InChI=1S/C29H31F4N5O7/c1-34-23(39)9-5-4-8-22(45-28(44)36(2)3)25(40)35-21-7-6-12-37(26(21)41)16-20-15-18-14-19(30)13-17(10-11-29(31,32)33)24(18)38(20)27(42)43/h5-7,9,12-15,22H,4,8,10-11,16H2,1-3H3,(H,34,39)(H,35,40)(H,42,43)/b9-5+. The van der Waals surface area contributed by atoms with E-state index in [2.05, 4.69) is 10.6 Å². The highest BCUT2D eigenvalue weighted by atomic mass is 19.4. The number of anilines is 1. The molecule has 0 aliphatic carbocycles. The Morgan fingerprint density at radius 1 is 1.16 bits per heavy atom. The van der Waals surface area contributed by atoms with Crippen molar-refractivity contribution in [3.63, 3.8) is 0 Å². The van der Waals surface area contributed by atoms with Crippen molar-refractivity contribution in [2.24, 2.45) is 0 Å². The van der Waals surface area contributed by atoms with Gasteiger partial charge in [-0.15, -0.1) is 0 Å². The number of pyridine rings is 1. The van der Waals surface area contributed by atoms with E-state index in [1.807, 2.05) is 0 Å². The number of carbonyl (C=O) groups excluding carboxylic acids is 3. The molecule has 0 radical (unpaired) electrons. The molecular formula is C29H31F4N5O7. The summed E-state index contributed by atoms with van der Waals surface area (Å²) in [6, 6.07) is 5.72. The van der Waals surface area contributed by atoms with Crippen LogP contribution in [-0.4, -0.2) is 76.6 Å². The third kappa shape index (κ3) is 9.17. The van der Waals surface area contributed by atoms with Gasteiger partial charge in [0.2, 0.25) is 5.91 Å². The van der Waals surface area contributed by atoms with E-state index >= 15 is 0 Å². The number of ether oxygens (including phenoxy) is 1. The molecule has 0 bridgehead atoms. The van der Waals surface area contributed by atoms with Gasteiger partial charge in [0.05, 0.1) is 17.8 Å². The number of allylic oxidation sites excluding steroid dienone is 1. The number of likely N-dealkylation sites (N-methyl/N-ethyl adjacent to an activating group) is 1. The highest BCUT2D eigenvalue weighted by molar-refractivity contribution is 5.95. The number of carboxylic acid groups (broad SMARTS) is 1. The van der Waals surface area contributed by atoms with Crippen LogP contribution in [0.15, 0.2) is 53.5 Å². The number of rotatable bonds is 11. The van der Waals surface area contributed by atoms with Gasteiger partial charge in [0.1, 0.15) is 11.5 Å². The van der Waals surface area contributed by atoms with Crippen LogP contribution in [0.2, 0.25) is 0 Å². The van der Waals surface area contributed by atoms with Crippen LogP contribution in [0.5, 0.6) is 0 Å². The minimum absolute atomic E-state index is 0.0260. The zero-order valence-corrected chi connectivity index (χ0v) is 24.5. The predicted molar refractivity (Wildman–Crippen MR) is 155 cm³/mol. The van der Waals surface area contributed by atoms with Crippen LogP contribution in [0.4, 0.5) is 32.8 Å². The molecule has 1 unspecified atom stereocenters. The first-order valence-corrected chi connectivity index (χ1v) is 13.5. The van der Waals surface area contributed by atoms with Crippen molar-refractivity contribution < 1.29 is 46.6 Å². The fourth-order valence-electron chi connectivity index (χ4n) is 4.39. The second-order valence-corrected chi connectivity index (χ2v) is 10.1. The fraction of sp³-hybridized carbons (Fsp3) is 0.345. The summed E-state index contributed by atoms with van der Waals surface area (Å²) in [5.41, 5.74) is -1.40. The van der Waals surface area contributed by atoms with Gasteiger partial charge in [0, 0.05) is 39.1 Å². The maximum Gasteiger partial charge on any atom is 0.416 e. The second kappa shape index (κ2) is 14.5. The molecule has 0 saturated carbocycles. The van der Waals surface area contributed by atoms with Crippen LogP contribution in [0.25, 0.3) is 10.9 Å². The maximum atomic E-state index is 14.3. The zero-order chi connectivity index (χ0) is 33.5. The molecule has 45 heavy (non-hydrogen) atoms. The summed E-state index contributed by atoms with van der Waals surface area (Å²) in [7, 11) is 4.25. The Kier molecular flexibility index (Phi) is 11.1. The Balaban J connectivity index is 1.92. The summed E-state index contributed by atoms with van der Waals surface area (Å²) in [5, 5.41) is 14.8. The molecule has 16 heteroatoms. The van der Waals surface area contributed by atoms with Gasteiger partial charge in [-0.1, -0.05) is 6.08 Å². The van der Waals surface area contributed by atoms with E-state index in [-0.39, 0.29) is 46.6 Å². The average molecular weight is 638 g/mol. The van der Waals surface area contributed by atoms with Crippen molar-refractivity contribution in [3.05, 3.63) is 76.1 Å². The van der Waals surface area contributed by atoms with E-state index in [4.69, 9.17) is 4.74 Å². The van der Waals surface area contributed by atoms with Gasteiger partial charge in [0.15, 0.2) is 6.10 Å². The van der Waals surface area contributed by atoms with Crippen molar-refractivity contribution in [3.8, 4) is 0 Å². The van der Waals surface area contributed by atoms with E-state index in [0.717, 1.165) is 21.6 Å². The predicted octanol–water partition coefficient (Wildman–Crippen LogP) is 4.10. The van der Waals surface area contributed by atoms with Crippen molar-refractivity contribution in [1.82, 2.24) is 19.4 Å². The molecule has 1 aromatic carbocycles. The van der Waals surface area contributed by atoms with Crippen molar-refractivity contribution in [1.29, 1.82) is 0 Å². The first-order chi connectivity index (χ1) is 21.1. The number of aryl methyl sites for hydroxylation is 1. The average Bonchev–Trinajstić information content (AvgIpc) is 3.32. The maximum absolute atomic E-state index is 14.3. The largest absolute Gasteiger partial charge is 0.464 e. The molecule has 1 atom stereocenters. The number of hydrogen-bond acceptors (Lipinski definition) is 6. The highest BCUT2D eigenvalue weighted by Crippen LogP contribution is 2.29. The summed E-state index contributed by atoms with van der Waals surface area (Å²) < 4.78 is 60.0. The van der Waals surface area contributed by atoms with Crippen molar-refractivity contribution >= 4 is 40.6 Å². The topological polar surface area (TPSA) is 152 Å². The van der Waals surface area contributed by atoms with Crippen LogP contribution in [0.3, 0.4) is 0 Å². The Hall–Kier alpha value is -5.15. The number of fused-ring (bicyclic) bond motifs is 1. The Bertz CT molecular complexity index is 1680. The van der Waals surface area contributed by atoms with Crippen LogP contribution < -0.4 is 16.2 Å². The lowest BCUT2D eigenvalue weighted by Crippen LogP contribution is -2.37. The van der Waals surface area contributed by atoms with Gasteiger partial charge < -0.3 is 29.9 Å². The normalized spacial score (nSPS) is 12.2. The molecule has 0 fully saturated rings. The van der Waals surface area contributed by atoms with Crippen LogP contribution >= 0.6 is 0 Å². The molecule has 0 spiro atoms. The summed E-state index contributed by atoms with van der Waals surface area (Å²) in [4.78, 5) is 63.3. The third-order valence-corrected chi connectivity index (χ3v) is 6.51. The zero-order valence-electron chi connectivity index (χ0n) is 24.5. The van der Waals surface area contributed by atoms with Crippen LogP contribution in [-0.2, 0) is 27.3 Å². The van der Waals surface area contributed by atoms with Gasteiger partial charge in [-0.05, 0) is 61.2 Å². The molecule has 2 heterocycles. The number of nitrogens with one attached hydrogen (secondary N) is 2. The number of aromatic nitrogens is 2. The first kappa shape index (κ1) is 34.3. The summed E-state index contributed by atoms with van der Waals surface area (Å²) in [5.74, 6) is -2.09. The van der Waals surface area contributed by atoms with E-state index in [1.165, 1.54) is 57.7 Å². The van der Waals surface area contributed by atoms with Crippen LogP contribution in [0, 0.1) is 5.82 Å². The quantitative estimate of drug-likeness (QED) is 0.212. The van der Waals surface area contributed by atoms with E-state index in [1.54, 1.807) is 0 Å². The molecule has 3 aromatic rings. The minimum Gasteiger partial charge on any atom is -0.464 e. The highest BCUT2D eigenvalue weighted by Gasteiger charge is 2.28.